The van der Waals surface area contributed by atoms with Crippen molar-refractivity contribution < 1.29 is 9.15 Å². The maximum absolute atomic E-state index is 5.85. The number of aryl methyl sites for hydroxylation is 1. The minimum absolute atomic E-state index is 0.0993. The third-order valence-electron chi connectivity index (χ3n) is 3.28. The van der Waals surface area contributed by atoms with Gasteiger partial charge in [-0.3, -0.25) is 0 Å². The fourth-order valence-electron chi connectivity index (χ4n) is 1.59. The summed E-state index contributed by atoms with van der Waals surface area (Å²) in [6, 6.07) is 2.08. The van der Waals surface area contributed by atoms with Gasteiger partial charge < -0.3 is 14.5 Å². The number of hydrogen-bond donors (Lipinski definition) is 1. The molecule has 0 aromatic carbocycles. The van der Waals surface area contributed by atoms with Gasteiger partial charge in [-0.25, -0.2) is 0 Å². The van der Waals surface area contributed by atoms with Crippen LogP contribution in [0.4, 0.5) is 0 Å². The molecule has 0 saturated heterocycles. The van der Waals surface area contributed by atoms with Crippen LogP contribution in [0.1, 0.15) is 58.6 Å². The molecule has 110 valence electrons. The summed E-state index contributed by atoms with van der Waals surface area (Å²) in [5, 5.41) is 3.44. The first-order chi connectivity index (χ1) is 8.69. The summed E-state index contributed by atoms with van der Waals surface area (Å²) < 4.78 is 11.6. The molecule has 0 saturated carbocycles. The molecule has 0 bridgehead atoms. The number of nitrogens with one attached hydrogen (secondary N) is 1. The Kier molecular flexibility index (Phi) is 5.63. The largest absolute Gasteiger partial charge is 0.462 e. The maximum Gasteiger partial charge on any atom is 0.130 e. The number of rotatable bonds is 6. The molecule has 0 aliphatic carbocycles. The van der Waals surface area contributed by atoms with Gasteiger partial charge in [0.1, 0.15) is 18.1 Å². The number of furan rings is 1. The highest BCUT2D eigenvalue weighted by Gasteiger charge is 2.14. The molecule has 0 radical (unpaired) electrons. The van der Waals surface area contributed by atoms with Crippen LogP contribution >= 0.6 is 0 Å². The fourth-order valence-corrected chi connectivity index (χ4v) is 1.59. The van der Waals surface area contributed by atoms with E-state index in [0.717, 1.165) is 18.1 Å². The molecule has 0 spiro atoms. The summed E-state index contributed by atoms with van der Waals surface area (Å²) >= 11 is 0. The monoisotopic (exact) mass is 267 g/mol. The van der Waals surface area contributed by atoms with Crippen LogP contribution in [0.2, 0.25) is 0 Å². The lowest BCUT2D eigenvalue weighted by Gasteiger charge is -2.19. The zero-order valence-electron chi connectivity index (χ0n) is 13.5. The summed E-state index contributed by atoms with van der Waals surface area (Å²) in [6.07, 6.45) is 0.251. The van der Waals surface area contributed by atoms with E-state index < -0.39 is 0 Å². The first-order valence-corrected chi connectivity index (χ1v) is 7.14. The van der Waals surface area contributed by atoms with Gasteiger partial charge >= 0.3 is 0 Å². The molecule has 1 N–H and O–H groups in total. The molecule has 1 rings (SSSR count). The van der Waals surface area contributed by atoms with Crippen LogP contribution < -0.4 is 5.32 Å². The van der Waals surface area contributed by atoms with E-state index in [1.165, 1.54) is 5.56 Å². The van der Waals surface area contributed by atoms with Crippen molar-refractivity contribution in [3.63, 3.8) is 0 Å². The molecule has 3 nitrogen and oxygen atoms in total. The van der Waals surface area contributed by atoms with E-state index in [0.29, 0.717) is 12.5 Å². The summed E-state index contributed by atoms with van der Waals surface area (Å²) in [5.74, 6) is 2.44. The van der Waals surface area contributed by atoms with Gasteiger partial charge in [0.2, 0.25) is 0 Å². The second-order valence-electron chi connectivity index (χ2n) is 6.68. The summed E-state index contributed by atoms with van der Waals surface area (Å²) in [4.78, 5) is 0. The Hall–Kier alpha value is -0.800. The van der Waals surface area contributed by atoms with E-state index in [1.807, 2.05) is 0 Å². The predicted molar refractivity (Wildman–Crippen MR) is 79.1 cm³/mol. The molecular weight excluding hydrogens is 238 g/mol. The SMILES string of the molecule is Cc1cc(COC(C)C(C)C)oc1CNC(C)(C)C. The molecule has 1 unspecified atom stereocenters. The Morgan fingerprint density at radius 1 is 1.26 bits per heavy atom. The van der Waals surface area contributed by atoms with Crippen molar-refractivity contribution >= 4 is 0 Å². The quantitative estimate of drug-likeness (QED) is 0.844. The van der Waals surface area contributed by atoms with E-state index in [9.17, 15) is 0 Å². The molecule has 0 aliphatic rings. The molecule has 0 fully saturated rings. The minimum Gasteiger partial charge on any atom is -0.462 e. The molecule has 19 heavy (non-hydrogen) atoms. The van der Waals surface area contributed by atoms with Gasteiger partial charge in [-0.15, -0.1) is 0 Å². The average molecular weight is 267 g/mol. The van der Waals surface area contributed by atoms with Crippen LogP contribution in [0.15, 0.2) is 10.5 Å². The van der Waals surface area contributed by atoms with Crippen molar-refractivity contribution in [1.29, 1.82) is 0 Å². The lowest BCUT2D eigenvalue weighted by molar-refractivity contribution is 0.0145. The van der Waals surface area contributed by atoms with Gasteiger partial charge in [-0.1, -0.05) is 13.8 Å². The zero-order chi connectivity index (χ0) is 14.6. The Balaban J connectivity index is 2.54. The van der Waals surface area contributed by atoms with Crippen molar-refractivity contribution in [1.82, 2.24) is 5.32 Å². The van der Waals surface area contributed by atoms with E-state index in [1.54, 1.807) is 0 Å². The van der Waals surface area contributed by atoms with Crippen LogP contribution in [-0.4, -0.2) is 11.6 Å². The van der Waals surface area contributed by atoms with Gasteiger partial charge in [-0.05, 0) is 52.2 Å². The number of ether oxygens (including phenoxy) is 1. The summed E-state index contributed by atoms with van der Waals surface area (Å²) in [6.45, 7) is 16.3. The molecule has 1 aromatic heterocycles. The maximum atomic E-state index is 5.85. The van der Waals surface area contributed by atoms with Gasteiger partial charge in [0.15, 0.2) is 0 Å². The molecular formula is C16H29NO2. The first kappa shape index (κ1) is 16.3. The zero-order valence-corrected chi connectivity index (χ0v) is 13.5. The highest BCUT2D eigenvalue weighted by atomic mass is 16.5. The smallest absolute Gasteiger partial charge is 0.130 e. The van der Waals surface area contributed by atoms with Crippen LogP contribution in [0.3, 0.4) is 0 Å². The molecule has 3 heteroatoms. The van der Waals surface area contributed by atoms with Gasteiger partial charge in [0.25, 0.3) is 0 Å². The molecule has 1 aromatic rings. The van der Waals surface area contributed by atoms with Crippen molar-refractivity contribution in [2.24, 2.45) is 5.92 Å². The minimum atomic E-state index is 0.0993. The molecule has 1 atom stereocenters. The summed E-state index contributed by atoms with van der Waals surface area (Å²) in [7, 11) is 0. The molecule has 0 amide bonds. The van der Waals surface area contributed by atoms with Gasteiger partial charge in [0, 0.05) is 5.54 Å². The van der Waals surface area contributed by atoms with Crippen molar-refractivity contribution in [2.75, 3.05) is 0 Å². The van der Waals surface area contributed by atoms with Crippen molar-refractivity contribution in [2.45, 2.75) is 73.3 Å². The van der Waals surface area contributed by atoms with Crippen LogP contribution in [0.5, 0.6) is 0 Å². The lowest BCUT2D eigenvalue weighted by Crippen LogP contribution is -2.35. The third kappa shape index (κ3) is 5.79. The second-order valence-corrected chi connectivity index (χ2v) is 6.68. The van der Waals surface area contributed by atoms with E-state index in [2.05, 4.69) is 59.8 Å². The Morgan fingerprint density at radius 2 is 1.89 bits per heavy atom. The topological polar surface area (TPSA) is 34.4 Å². The van der Waals surface area contributed by atoms with Gasteiger partial charge in [-0.2, -0.15) is 0 Å². The Morgan fingerprint density at radius 3 is 2.42 bits per heavy atom. The van der Waals surface area contributed by atoms with Gasteiger partial charge in [0.05, 0.1) is 12.6 Å². The fraction of sp³-hybridized carbons (Fsp3) is 0.750. The number of hydrogen-bond acceptors (Lipinski definition) is 3. The predicted octanol–water partition coefficient (Wildman–Crippen LogP) is 4.04. The van der Waals surface area contributed by atoms with Crippen molar-refractivity contribution in [3.8, 4) is 0 Å². The van der Waals surface area contributed by atoms with E-state index in [4.69, 9.17) is 9.15 Å². The lowest BCUT2D eigenvalue weighted by atomic mass is 10.1. The Labute approximate surface area is 117 Å². The highest BCUT2D eigenvalue weighted by molar-refractivity contribution is 5.19. The second kappa shape index (κ2) is 6.58. The molecule has 1 heterocycles. The van der Waals surface area contributed by atoms with Crippen LogP contribution in [-0.2, 0) is 17.9 Å². The highest BCUT2D eigenvalue weighted by Crippen LogP contribution is 2.18. The summed E-state index contributed by atoms with van der Waals surface area (Å²) in [5.41, 5.74) is 1.29. The van der Waals surface area contributed by atoms with Crippen molar-refractivity contribution in [3.05, 3.63) is 23.2 Å². The average Bonchev–Trinajstić information content (AvgIpc) is 2.63. The normalized spacial score (nSPS) is 14.1. The standard InChI is InChI=1S/C16H29NO2/c1-11(2)13(4)18-10-14-8-12(3)15(19-14)9-17-16(5,6)7/h8,11,13,17H,9-10H2,1-7H3. The van der Waals surface area contributed by atoms with E-state index in [-0.39, 0.29) is 11.6 Å². The van der Waals surface area contributed by atoms with Crippen LogP contribution in [0, 0.1) is 12.8 Å². The molecule has 0 aliphatic heterocycles. The third-order valence-corrected chi connectivity index (χ3v) is 3.28. The first-order valence-electron chi connectivity index (χ1n) is 7.14. The Bertz CT molecular complexity index is 388. The van der Waals surface area contributed by atoms with Crippen LogP contribution in [0.25, 0.3) is 0 Å². The van der Waals surface area contributed by atoms with E-state index >= 15 is 0 Å².